The molecule has 1 N–H and O–H groups in total. The average molecular weight is 407 g/mol. The molecule has 2 aromatic rings. The maximum absolute atomic E-state index is 12.5. The first-order valence-electron chi connectivity index (χ1n) is 6.07. The summed E-state index contributed by atoms with van der Waals surface area (Å²) in [6.45, 7) is 0. The molecule has 0 fully saturated rings. The molecule has 0 aromatic heterocycles. The van der Waals surface area contributed by atoms with E-state index in [-0.39, 0.29) is 10.6 Å². The van der Waals surface area contributed by atoms with Gasteiger partial charge in [0.2, 0.25) is 0 Å². The van der Waals surface area contributed by atoms with E-state index in [2.05, 4.69) is 20.7 Å². The highest BCUT2D eigenvalue weighted by Gasteiger charge is 2.18. The van der Waals surface area contributed by atoms with Crippen LogP contribution in [0.3, 0.4) is 0 Å². The van der Waals surface area contributed by atoms with Crippen molar-refractivity contribution in [3.63, 3.8) is 0 Å². The van der Waals surface area contributed by atoms with Gasteiger partial charge < -0.3 is 9.47 Å². The molecule has 0 saturated heterocycles. The summed E-state index contributed by atoms with van der Waals surface area (Å²) in [5, 5.41) is 0.398. The first-order valence-corrected chi connectivity index (χ1v) is 8.72. The van der Waals surface area contributed by atoms with Crippen LogP contribution in [0.2, 0.25) is 5.02 Å². The summed E-state index contributed by atoms with van der Waals surface area (Å²) in [4.78, 5) is 0.0854. The lowest BCUT2D eigenvalue weighted by Gasteiger charge is -2.13. The molecule has 8 heteroatoms. The molecule has 0 atom stereocenters. The minimum absolute atomic E-state index is 0.0854. The van der Waals surface area contributed by atoms with Crippen molar-refractivity contribution in [2.45, 2.75) is 4.90 Å². The van der Waals surface area contributed by atoms with Crippen LogP contribution in [0.15, 0.2) is 45.8 Å². The summed E-state index contributed by atoms with van der Waals surface area (Å²) >= 11 is 9.16. The van der Waals surface area contributed by atoms with E-state index < -0.39 is 10.0 Å². The highest BCUT2D eigenvalue weighted by atomic mass is 79.9. The van der Waals surface area contributed by atoms with Crippen LogP contribution in [-0.2, 0) is 10.0 Å². The molecule has 0 spiro atoms. The van der Waals surface area contributed by atoms with Crippen molar-refractivity contribution in [2.75, 3.05) is 18.9 Å². The fourth-order valence-electron chi connectivity index (χ4n) is 1.78. The number of nitrogens with one attached hydrogen (secondary N) is 1. The molecule has 0 radical (unpaired) electrons. The fraction of sp³-hybridized carbons (Fsp3) is 0.143. The third-order valence-electron chi connectivity index (χ3n) is 2.84. The van der Waals surface area contributed by atoms with Crippen molar-refractivity contribution in [2.24, 2.45) is 0 Å². The van der Waals surface area contributed by atoms with Crippen molar-refractivity contribution in [1.82, 2.24) is 0 Å². The monoisotopic (exact) mass is 405 g/mol. The molecule has 0 aliphatic heterocycles. The molecule has 0 amide bonds. The number of hydrogen-bond donors (Lipinski definition) is 1. The molecule has 2 rings (SSSR count). The van der Waals surface area contributed by atoms with Crippen LogP contribution in [0.1, 0.15) is 0 Å². The Labute approximate surface area is 142 Å². The molecule has 2 aromatic carbocycles. The van der Waals surface area contributed by atoms with Gasteiger partial charge in [-0.1, -0.05) is 11.6 Å². The van der Waals surface area contributed by atoms with E-state index in [4.69, 9.17) is 21.1 Å². The highest BCUT2D eigenvalue weighted by molar-refractivity contribution is 9.10. The lowest BCUT2D eigenvalue weighted by atomic mass is 10.3. The number of sulfonamides is 1. The van der Waals surface area contributed by atoms with Crippen molar-refractivity contribution in [3.8, 4) is 11.5 Å². The molecular weight excluding hydrogens is 394 g/mol. The minimum Gasteiger partial charge on any atom is -0.496 e. The normalized spacial score (nSPS) is 11.1. The van der Waals surface area contributed by atoms with E-state index in [0.717, 1.165) is 0 Å². The van der Waals surface area contributed by atoms with E-state index in [1.54, 1.807) is 18.2 Å². The van der Waals surface area contributed by atoms with E-state index in [9.17, 15) is 8.42 Å². The molecule has 0 aliphatic rings. The number of rotatable bonds is 5. The third kappa shape index (κ3) is 3.66. The molecule has 0 heterocycles. The Bertz CT molecular complexity index is 795. The predicted molar refractivity (Wildman–Crippen MR) is 89.5 cm³/mol. The van der Waals surface area contributed by atoms with Crippen molar-refractivity contribution < 1.29 is 17.9 Å². The summed E-state index contributed by atoms with van der Waals surface area (Å²) < 4.78 is 38.1. The van der Waals surface area contributed by atoms with Gasteiger partial charge in [0.05, 0.1) is 29.3 Å². The SMILES string of the molecule is COc1ccc(S(=O)(=O)Nc2cc(Cl)ccc2OC)cc1Br. The van der Waals surface area contributed by atoms with Gasteiger partial charge in [-0.05, 0) is 52.3 Å². The molecule has 5 nitrogen and oxygen atoms in total. The van der Waals surface area contributed by atoms with Crippen LogP contribution < -0.4 is 14.2 Å². The topological polar surface area (TPSA) is 64.6 Å². The number of anilines is 1. The Morgan fingerprint density at radius 3 is 2.27 bits per heavy atom. The summed E-state index contributed by atoms with van der Waals surface area (Å²) in [6, 6.07) is 9.15. The second kappa shape index (κ2) is 6.76. The Hall–Kier alpha value is -1.44. The number of hydrogen-bond acceptors (Lipinski definition) is 4. The zero-order valence-corrected chi connectivity index (χ0v) is 14.9. The van der Waals surface area contributed by atoms with Crippen molar-refractivity contribution in [3.05, 3.63) is 45.9 Å². The predicted octanol–water partition coefficient (Wildman–Crippen LogP) is 3.92. The van der Waals surface area contributed by atoms with Gasteiger partial charge in [0.25, 0.3) is 10.0 Å². The van der Waals surface area contributed by atoms with Gasteiger partial charge in [-0.25, -0.2) is 8.42 Å². The van der Waals surface area contributed by atoms with Crippen molar-refractivity contribution in [1.29, 1.82) is 0 Å². The van der Waals surface area contributed by atoms with Gasteiger partial charge in [0.1, 0.15) is 11.5 Å². The first-order chi connectivity index (χ1) is 10.4. The molecule has 0 saturated carbocycles. The van der Waals surface area contributed by atoms with E-state index in [0.29, 0.717) is 21.0 Å². The summed E-state index contributed by atoms with van der Waals surface area (Å²) in [7, 11) is -0.832. The second-order valence-corrected chi connectivity index (χ2v) is 7.22. The van der Waals surface area contributed by atoms with E-state index in [1.807, 2.05) is 0 Å². The molecule has 0 bridgehead atoms. The van der Waals surface area contributed by atoms with Gasteiger partial charge in [-0.3, -0.25) is 4.72 Å². The molecule has 0 aliphatic carbocycles. The van der Waals surface area contributed by atoms with E-state index >= 15 is 0 Å². The second-order valence-electron chi connectivity index (χ2n) is 4.25. The Kier molecular flexibility index (Phi) is 5.20. The Morgan fingerprint density at radius 1 is 1.05 bits per heavy atom. The number of benzene rings is 2. The molecular formula is C14H13BrClNO4S. The van der Waals surface area contributed by atoms with Crippen LogP contribution >= 0.6 is 27.5 Å². The van der Waals surface area contributed by atoms with Gasteiger partial charge >= 0.3 is 0 Å². The maximum atomic E-state index is 12.5. The molecule has 22 heavy (non-hydrogen) atoms. The van der Waals surface area contributed by atoms with Gasteiger partial charge in [-0.15, -0.1) is 0 Å². The lowest BCUT2D eigenvalue weighted by molar-refractivity contribution is 0.411. The Balaban J connectivity index is 2.40. The number of ether oxygens (including phenoxy) is 2. The summed E-state index contributed by atoms with van der Waals surface area (Å²) in [5.74, 6) is 0.917. The average Bonchev–Trinajstić information content (AvgIpc) is 2.47. The third-order valence-corrected chi connectivity index (χ3v) is 5.06. The van der Waals surface area contributed by atoms with Crippen LogP contribution in [0, 0.1) is 0 Å². The lowest BCUT2D eigenvalue weighted by Crippen LogP contribution is -2.13. The van der Waals surface area contributed by atoms with Crippen LogP contribution in [-0.4, -0.2) is 22.6 Å². The Morgan fingerprint density at radius 2 is 1.68 bits per heavy atom. The van der Waals surface area contributed by atoms with Gasteiger partial charge in [0, 0.05) is 5.02 Å². The zero-order valence-electron chi connectivity index (χ0n) is 11.8. The summed E-state index contributed by atoms with van der Waals surface area (Å²) in [5.41, 5.74) is 0.266. The fourth-order valence-corrected chi connectivity index (χ4v) is 3.73. The zero-order chi connectivity index (χ0) is 16.3. The van der Waals surface area contributed by atoms with E-state index in [1.165, 1.54) is 32.4 Å². The van der Waals surface area contributed by atoms with Crippen LogP contribution in [0.25, 0.3) is 0 Å². The van der Waals surface area contributed by atoms with Gasteiger partial charge in [-0.2, -0.15) is 0 Å². The minimum atomic E-state index is -3.78. The van der Waals surface area contributed by atoms with Crippen molar-refractivity contribution >= 4 is 43.2 Å². The van der Waals surface area contributed by atoms with Gasteiger partial charge in [0.15, 0.2) is 0 Å². The number of methoxy groups -OCH3 is 2. The van der Waals surface area contributed by atoms with Crippen LogP contribution in [0.5, 0.6) is 11.5 Å². The van der Waals surface area contributed by atoms with Crippen LogP contribution in [0.4, 0.5) is 5.69 Å². The highest BCUT2D eigenvalue weighted by Crippen LogP contribution is 2.32. The first kappa shape index (κ1) is 16.9. The number of halogens is 2. The smallest absolute Gasteiger partial charge is 0.262 e. The summed E-state index contributed by atoms with van der Waals surface area (Å²) in [6.07, 6.45) is 0. The molecule has 118 valence electrons. The standard InChI is InChI=1S/C14H13BrClNO4S/c1-20-13-6-4-10(8-11(13)15)22(18,19)17-12-7-9(16)3-5-14(12)21-2/h3-8,17H,1-2H3. The molecule has 0 unspecified atom stereocenters. The maximum Gasteiger partial charge on any atom is 0.262 e. The largest absolute Gasteiger partial charge is 0.496 e. The quantitative estimate of drug-likeness (QED) is 0.817.